The van der Waals surface area contributed by atoms with Crippen LogP contribution in [0.4, 0.5) is 0 Å². The van der Waals surface area contributed by atoms with Crippen LogP contribution in [0.3, 0.4) is 0 Å². The molecule has 0 aromatic carbocycles. The first-order valence-corrected chi connectivity index (χ1v) is 9.63. The first-order valence-electron chi connectivity index (χ1n) is 9.63. The summed E-state index contributed by atoms with van der Waals surface area (Å²) in [6.45, 7) is 15.2. The molecule has 1 rings (SSSR count). The van der Waals surface area contributed by atoms with Crippen molar-refractivity contribution in [2.75, 3.05) is 66.1 Å². The van der Waals surface area contributed by atoms with Crippen molar-refractivity contribution in [3.63, 3.8) is 0 Å². The fourth-order valence-corrected chi connectivity index (χ4v) is 2.76. The average molecular weight is 485 g/mol. The van der Waals surface area contributed by atoms with Gasteiger partial charge in [-0.3, -0.25) is 9.89 Å². The minimum absolute atomic E-state index is 0. The lowest BCUT2D eigenvalue weighted by Gasteiger charge is -2.33. The van der Waals surface area contributed by atoms with Gasteiger partial charge in [-0.1, -0.05) is 6.92 Å². The highest BCUT2D eigenvalue weighted by molar-refractivity contribution is 14.0. The van der Waals surface area contributed by atoms with Crippen LogP contribution < -0.4 is 10.6 Å². The predicted molar refractivity (Wildman–Crippen MR) is 120 cm³/mol. The van der Waals surface area contributed by atoms with Crippen LogP contribution >= 0.6 is 24.0 Å². The van der Waals surface area contributed by atoms with Crippen LogP contribution in [-0.4, -0.2) is 98.6 Å². The van der Waals surface area contributed by atoms with Crippen LogP contribution in [0.2, 0.25) is 0 Å². The molecular formula is C18H40IN5O2. The highest BCUT2D eigenvalue weighted by Crippen LogP contribution is 2.09. The summed E-state index contributed by atoms with van der Waals surface area (Å²) in [5.41, 5.74) is -0.840. The monoisotopic (exact) mass is 485 g/mol. The van der Waals surface area contributed by atoms with Crippen LogP contribution in [0.15, 0.2) is 4.99 Å². The van der Waals surface area contributed by atoms with Gasteiger partial charge in [0, 0.05) is 45.3 Å². The molecule has 1 saturated heterocycles. The molecule has 3 N–H and O–H groups in total. The number of nitrogens with zero attached hydrogens (tertiary/aromatic N) is 3. The number of β-amino-alcohol motifs (C(OH)–C–C–N with tert-alkyl or cyclic N) is 1. The summed E-state index contributed by atoms with van der Waals surface area (Å²) >= 11 is 0. The molecule has 0 aromatic heterocycles. The van der Waals surface area contributed by atoms with Crippen molar-refractivity contribution in [1.82, 2.24) is 20.4 Å². The van der Waals surface area contributed by atoms with Gasteiger partial charge in [-0.25, -0.2) is 0 Å². The Morgan fingerprint density at radius 1 is 1.31 bits per heavy atom. The zero-order chi connectivity index (χ0) is 18.7. The molecule has 1 aliphatic heterocycles. The lowest BCUT2D eigenvalue weighted by molar-refractivity contribution is -0.0179. The maximum Gasteiger partial charge on any atom is 0.191 e. The van der Waals surface area contributed by atoms with Crippen LogP contribution in [0.5, 0.6) is 0 Å². The Bertz CT molecular complexity index is 390. The lowest BCUT2D eigenvalue weighted by Crippen LogP contribution is -2.48. The van der Waals surface area contributed by atoms with E-state index < -0.39 is 5.60 Å². The second kappa shape index (κ2) is 13.9. The first kappa shape index (κ1) is 25.8. The van der Waals surface area contributed by atoms with Crippen molar-refractivity contribution in [2.45, 2.75) is 45.8 Å². The highest BCUT2D eigenvalue weighted by Gasteiger charge is 2.25. The van der Waals surface area contributed by atoms with E-state index in [9.17, 15) is 5.11 Å². The molecule has 1 fully saturated rings. The van der Waals surface area contributed by atoms with Gasteiger partial charge in [0.1, 0.15) is 0 Å². The van der Waals surface area contributed by atoms with Gasteiger partial charge >= 0.3 is 0 Å². The fourth-order valence-electron chi connectivity index (χ4n) is 2.76. The Labute approximate surface area is 177 Å². The Balaban J connectivity index is 0.00000625. The minimum atomic E-state index is -0.840. The van der Waals surface area contributed by atoms with Crippen molar-refractivity contribution < 1.29 is 9.84 Å². The standard InChI is InChI=1S/C18H39N5O2.HI/c1-6-16(3)22(5)9-8-20-17(19-7-2)21-14-18(4,24)15-23-10-12-25-13-11-23;/h16,24H,6-15H2,1-5H3,(H2,19,20,21);1H. The molecule has 7 nitrogen and oxygen atoms in total. The third-order valence-corrected chi connectivity index (χ3v) is 4.69. The molecule has 0 aliphatic carbocycles. The second-order valence-electron chi connectivity index (χ2n) is 7.25. The van der Waals surface area contributed by atoms with Gasteiger partial charge in [0.25, 0.3) is 0 Å². The predicted octanol–water partition coefficient (Wildman–Crippen LogP) is 0.973. The van der Waals surface area contributed by atoms with Gasteiger partial charge in [-0.2, -0.15) is 0 Å². The summed E-state index contributed by atoms with van der Waals surface area (Å²) in [6, 6.07) is 0.579. The number of hydrogen-bond acceptors (Lipinski definition) is 5. The van der Waals surface area contributed by atoms with Crippen molar-refractivity contribution in [3.8, 4) is 0 Å². The average Bonchev–Trinajstić information content (AvgIpc) is 2.59. The van der Waals surface area contributed by atoms with E-state index in [1.54, 1.807) is 0 Å². The molecular weight excluding hydrogens is 445 g/mol. The lowest BCUT2D eigenvalue weighted by atomic mass is 10.1. The number of likely N-dealkylation sites (N-methyl/N-ethyl adjacent to an activating group) is 1. The summed E-state index contributed by atoms with van der Waals surface area (Å²) in [6.07, 6.45) is 1.15. The summed E-state index contributed by atoms with van der Waals surface area (Å²) in [7, 11) is 2.15. The summed E-state index contributed by atoms with van der Waals surface area (Å²) in [5.74, 6) is 0.766. The van der Waals surface area contributed by atoms with Crippen molar-refractivity contribution in [1.29, 1.82) is 0 Å². The quantitative estimate of drug-likeness (QED) is 0.244. The fraction of sp³-hybridized carbons (Fsp3) is 0.944. The molecule has 0 spiro atoms. The van der Waals surface area contributed by atoms with Crippen LogP contribution in [0.25, 0.3) is 0 Å². The van der Waals surface area contributed by atoms with E-state index in [0.29, 0.717) is 19.1 Å². The number of halogens is 1. The molecule has 1 aliphatic rings. The topological polar surface area (TPSA) is 72.4 Å². The Morgan fingerprint density at radius 3 is 2.54 bits per heavy atom. The molecule has 26 heavy (non-hydrogen) atoms. The summed E-state index contributed by atoms with van der Waals surface area (Å²) in [5, 5.41) is 17.3. The van der Waals surface area contributed by atoms with Gasteiger partial charge < -0.3 is 25.4 Å². The van der Waals surface area contributed by atoms with Crippen molar-refractivity contribution in [3.05, 3.63) is 0 Å². The molecule has 156 valence electrons. The number of morpholine rings is 1. The molecule has 0 radical (unpaired) electrons. The van der Waals surface area contributed by atoms with Crippen LogP contribution in [-0.2, 0) is 4.74 Å². The zero-order valence-corrected chi connectivity index (χ0v) is 19.6. The smallest absolute Gasteiger partial charge is 0.191 e. The number of hydrogen-bond donors (Lipinski definition) is 3. The van der Waals surface area contributed by atoms with E-state index in [4.69, 9.17) is 4.74 Å². The van der Waals surface area contributed by atoms with Gasteiger partial charge in [0.2, 0.25) is 0 Å². The number of guanidine groups is 1. The maximum atomic E-state index is 10.6. The van der Waals surface area contributed by atoms with E-state index in [2.05, 4.69) is 46.3 Å². The number of rotatable bonds is 10. The summed E-state index contributed by atoms with van der Waals surface area (Å²) in [4.78, 5) is 9.16. The van der Waals surface area contributed by atoms with E-state index in [0.717, 1.165) is 58.3 Å². The largest absolute Gasteiger partial charge is 0.387 e. The third-order valence-electron chi connectivity index (χ3n) is 4.69. The molecule has 0 bridgehead atoms. The normalized spacial score (nSPS) is 19.6. The number of nitrogens with one attached hydrogen (secondary N) is 2. The second-order valence-corrected chi connectivity index (χ2v) is 7.25. The SMILES string of the molecule is CCNC(=NCC(C)(O)CN1CCOCC1)NCCN(C)C(C)CC.I. The highest BCUT2D eigenvalue weighted by atomic mass is 127. The molecule has 8 heteroatoms. The first-order chi connectivity index (χ1) is 11.9. The molecule has 2 atom stereocenters. The Kier molecular flexibility index (Phi) is 13.8. The minimum Gasteiger partial charge on any atom is -0.387 e. The van der Waals surface area contributed by atoms with Gasteiger partial charge in [0.05, 0.1) is 25.4 Å². The van der Waals surface area contributed by atoms with E-state index in [1.807, 2.05) is 13.8 Å². The number of aliphatic imine (C=N–C) groups is 1. The van der Waals surface area contributed by atoms with E-state index in [-0.39, 0.29) is 24.0 Å². The molecule has 0 amide bonds. The van der Waals surface area contributed by atoms with Crippen molar-refractivity contribution >= 4 is 29.9 Å². The zero-order valence-electron chi connectivity index (χ0n) is 17.3. The molecule has 1 heterocycles. The maximum absolute atomic E-state index is 10.6. The number of ether oxygens (including phenoxy) is 1. The third kappa shape index (κ3) is 10.9. The van der Waals surface area contributed by atoms with E-state index >= 15 is 0 Å². The Morgan fingerprint density at radius 2 is 1.96 bits per heavy atom. The Hall–Kier alpha value is -0.160. The van der Waals surface area contributed by atoms with E-state index in [1.165, 1.54) is 0 Å². The molecule has 2 unspecified atom stereocenters. The molecule has 0 saturated carbocycles. The number of aliphatic hydroxyl groups is 1. The summed E-state index contributed by atoms with van der Waals surface area (Å²) < 4.78 is 5.36. The van der Waals surface area contributed by atoms with Crippen LogP contribution in [0, 0.1) is 0 Å². The molecule has 0 aromatic rings. The van der Waals surface area contributed by atoms with Gasteiger partial charge in [-0.05, 0) is 34.2 Å². The van der Waals surface area contributed by atoms with Gasteiger partial charge in [-0.15, -0.1) is 24.0 Å². The van der Waals surface area contributed by atoms with Gasteiger partial charge in [0.15, 0.2) is 5.96 Å². The van der Waals surface area contributed by atoms with Crippen LogP contribution in [0.1, 0.15) is 34.1 Å². The van der Waals surface area contributed by atoms with Crippen molar-refractivity contribution in [2.24, 2.45) is 4.99 Å².